The second kappa shape index (κ2) is 10.9. The number of benzene rings is 6. The van der Waals surface area contributed by atoms with Crippen LogP contribution in [0, 0.1) is 0 Å². The van der Waals surface area contributed by atoms with Crippen molar-refractivity contribution in [3.63, 3.8) is 0 Å². The first-order chi connectivity index (χ1) is 19.2. The van der Waals surface area contributed by atoms with Crippen LogP contribution in [0.2, 0.25) is 0 Å². The molecule has 0 aliphatic heterocycles. The van der Waals surface area contributed by atoms with E-state index in [-0.39, 0.29) is 0 Å². The molecule has 0 heterocycles. The molecule has 0 fully saturated rings. The van der Waals surface area contributed by atoms with Crippen molar-refractivity contribution < 1.29 is 18.1 Å². The van der Waals surface area contributed by atoms with E-state index >= 15 is 0 Å². The van der Waals surface area contributed by atoms with Crippen LogP contribution < -0.4 is 13.6 Å². The SMILES string of the molecule is O=P(Oc1ccccc1-c1ccccc1)(Oc1ccccc1-c1ccccc1)Oc1cccc2ccccc12. The summed E-state index contributed by atoms with van der Waals surface area (Å²) in [5.74, 6) is 1.19. The van der Waals surface area contributed by atoms with E-state index in [1.807, 2.05) is 133 Å². The van der Waals surface area contributed by atoms with Gasteiger partial charge in [-0.15, -0.1) is 0 Å². The van der Waals surface area contributed by atoms with E-state index < -0.39 is 7.82 Å². The Hall–Kier alpha value is -4.79. The quantitative estimate of drug-likeness (QED) is 0.184. The van der Waals surface area contributed by atoms with Crippen LogP contribution in [0.15, 0.2) is 152 Å². The number of hydrogen-bond acceptors (Lipinski definition) is 4. The van der Waals surface area contributed by atoms with Crippen molar-refractivity contribution in [1.82, 2.24) is 0 Å². The molecule has 6 aromatic rings. The molecule has 0 spiro atoms. The molecule has 5 heteroatoms. The number of hydrogen-bond donors (Lipinski definition) is 0. The smallest absolute Gasteiger partial charge is 0.385 e. The van der Waals surface area contributed by atoms with Crippen molar-refractivity contribution in [2.75, 3.05) is 0 Å². The third kappa shape index (κ3) is 5.43. The van der Waals surface area contributed by atoms with E-state index in [1.165, 1.54) is 0 Å². The minimum atomic E-state index is -4.28. The van der Waals surface area contributed by atoms with Gasteiger partial charge in [0, 0.05) is 16.5 Å². The molecule has 6 rings (SSSR count). The van der Waals surface area contributed by atoms with Crippen LogP contribution in [0.4, 0.5) is 0 Å². The Labute approximate surface area is 227 Å². The molecular weight excluding hydrogens is 503 g/mol. The molecular formula is C34H25O4P. The predicted molar refractivity (Wildman–Crippen MR) is 157 cm³/mol. The van der Waals surface area contributed by atoms with Crippen molar-refractivity contribution in [3.05, 3.63) is 152 Å². The highest BCUT2D eigenvalue weighted by Crippen LogP contribution is 2.53. The molecule has 0 N–H and O–H groups in total. The normalized spacial score (nSPS) is 11.2. The van der Waals surface area contributed by atoms with Crippen molar-refractivity contribution in [3.8, 4) is 39.5 Å². The van der Waals surface area contributed by atoms with Gasteiger partial charge in [-0.3, -0.25) is 0 Å². The van der Waals surface area contributed by atoms with E-state index in [1.54, 1.807) is 18.2 Å². The third-order valence-corrected chi connectivity index (χ3v) is 7.58. The van der Waals surface area contributed by atoms with Crippen LogP contribution in [0.25, 0.3) is 33.0 Å². The lowest BCUT2D eigenvalue weighted by Crippen LogP contribution is -2.09. The van der Waals surface area contributed by atoms with Crippen LogP contribution >= 0.6 is 7.82 Å². The van der Waals surface area contributed by atoms with Crippen LogP contribution in [0.5, 0.6) is 17.2 Å². The maximum absolute atomic E-state index is 14.7. The lowest BCUT2D eigenvalue weighted by Gasteiger charge is -2.22. The molecule has 0 saturated heterocycles. The maximum atomic E-state index is 14.7. The summed E-state index contributed by atoms with van der Waals surface area (Å²) in [7, 11) is -4.28. The Kier molecular flexibility index (Phi) is 6.86. The highest BCUT2D eigenvalue weighted by Gasteiger charge is 2.35. The summed E-state index contributed by atoms with van der Waals surface area (Å²) in [4.78, 5) is 0. The summed E-state index contributed by atoms with van der Waals surface area (Å²) in [6.45, 7) is 0. The Bertz CT molecular complexity index is 1670. The lowest BCUT2D eigenvalue weighted by molar-refractivity contribution is 0.300. The molecule has 0 aliphatic rings. The Morgan fingerprint density at radius 2 is 0.795 bits per heavy atom. The number of fused-ring (bicyclic) bond motifs is 1. The van der Waals surface area contributed by atoms with Gasteiger partial charge in [-0.1, -0.05) is 133 Å². The predicted octanol–water partition coefficient (Wildman–Crippen LogP) is 9.82. The first-order valence-electron chi connectivity index (χ1n) is 12.6. The third-order valence-electron chi connectivity index (χ3n) is 6.32. The van der Waals surface area contributed by atoms with Crippen LogP contribution in [-0.2, 0) is 4.57 Å². The Morgan fingerprint density at radius 1 is 0.385 bits per heavy atom. The van der Waals surface area contributed by atoms with Gasteiger partial charge in [0.1, 0.15) is 17.2 Å². The van der Waals surface area contributed by atoms with Crippen LogP contribution in [-0.4, -0.2) is 0 Å². The van der Waals surface area contributed by atoms with Crippen molar-refractivity contribution in [2.45, 2.75) is 0 Å². The van der Waals surface area contributed by atoms with Gasteiger partial charge in [0.2, 0.25) is 0 Å². The average Bonchev–Trinajstić information content (AvgIpc) is 2.99. The Morgan fingerprint density at radius 3 is 1.38 bits per heavy atom. The minimum Gasteiger partial charge on any atom is -0.385 e. The van der Waals surface area contributed by atoms with Crippen molar-refractivity contribution in [2.24, 2.45) is 0 Å². The number of phosphoric ester groups is 1. The van der Waals surface area contributed by atoms with E-state index in [0.29, 0.717) is 17.2 Å². The van der Waals surface area contributed by atoms with Gasteiger partial charge in [0.05, 0.1) is 0 Å². The van der Waals surface area contributed by atoms with Crippen LogP contribution in [0.1, 0.15) is 0 Å². The lowest BCUT2D eigenvalue weighted by atomic mass is 10.1. The highest BCUT2D eigenvalue weighted by molar-refractivity contribution is 7.49. The largest absolute Gasteiger partial charge is 0.647 e. The summed E-state index contributed by atoms with van der Waals surface area (Å²) < 4.78 is 33.4. The van der Waals surface area contributed by atoms with Gasteiger partial charge in [-0.25, -0.2) is 0 Å². The van der Waals surface area contributed by atoms with E-state index in [9.17, 15) is 4.57 Å². The minimum absolute atomic E-state index is 0.393. The average molecular weight is 529 g/mol. The topological polar surface area (TPSA) is 44.8 Å². The molecule has 0 bridgehead atoms. The maximum Gasteiger partial charge on any atom is 0.647 e. The van der Waals surface area contributed by atoms with E-state index in [4.69, 9.17) is 13.6 Å². The Balaban J connectivity index is 1.45. The summed E-state index contributed by atoms with van der Waals surface area (Å²) in [6, 6.07) is 47.9. The first-order valence-corrected chi connectivity index (χ1v) is 14.1. The zero-order valence-electron chi connectivity index (χ0n) is 21.0. The zero-order valence-corrected chi connectivity index (χ0v) is 21.9. The molecule has 0 atom stereocenters. The van der Waals surface area contributed by atoms with Crippen molar-refractivity contribution >= 4 is 18.6 Å². The van der Waals surface area contributed by atoms with Gasteiger partial charge in [-0.05, 0) is 34.7 Å². The molecule has 190 valence electrons. The van der Waals surface area contributed by atoms with Gasteiger partial charge in [-0.2, -0.15) is 4.57 Å². The first kappa shape index (κ1) is 24.5. The molecule has 0 aromatic heterocycles. The molecule has 0 amide bonds. The number of para-hydroxylation sites is 2. The standard InChI is InChI=1S/C34H25O4P/c35-39(38-34-25-13-19-28-18-7-8-20-31(28)34,36-32-23-11-9-21-29(32)26-14-3-1-4-15-26)37-33-24-12-10-22-30(33)27-16-5-2-6-17-27/h1-25H. The van der Waals surface area contributed by atoms with Crippen molar-refractivity contribution in [1.29, 1.82) is 0 Å². The fourth-order valence-corrected chi connectivity index (χ4v) is 5.81. The molecule has 0 saturated carbocycles. The molecule has 39 heavy (non-hydrogen) atoms. The van der Waals surface area contributed by atoms with Gasteiger partial charge < -0.3 is 13.6 Å². The molecule has 4 nitrogen and oxygen atoms in total. The summed E-state index contributed by atoms with van der Waals surface area (Å²) in [5.41, 5.74) is 3.41. The van der Waals surface area contributed by atoms with Gasteiger partial charge in [0.25, 0.3) is 0 Å². The van der Waals surface area contributed by atoms with Crippen LogP contribution in [0.3, 0.4) is 0 Å². The second-order valence-electron chi connectivity index (χ2n) is 8.92. The summed E-state index contributed by atoms with van der Waals surface area (Å²) in [5, 5.41) is 1.76. The van der Waals surface area contributed by atoms with E-state index in [2.05, 4.69) is 0 Å². The fourth-order valence-electron chi connectivity index (χ4n) is 4.50. The molecule has 0 radical (unpaired) electrons. The second-order valence-corrected chi connectivity index (χ2v) is 10.4. The number of phosphoric acid groups is 1. The fraction of sp³-hybridized carbons (Fsp3) is 0. The molecule has 0 aliphatic carbocycles. The molecule has 6 aromatic carbocycles. The monoisotopic (exact) mass is 528 g/mol. The highest BCUT2D eigenvalue weighted by atomic mass is 31.2. The summed E-state index contributed by atoms with van der Waals surface area (Å²) in [6.07, 6.45) is 0. The zero-order chi connectivity index (χ0) is 26.5. The van der Waals surface area contributed by atoms with Gasteiger partial charge in [0.15, 0.2) is 0 Å². The van der Waals surface area contributed by atoms with Gasteiger partial charge >= 0.3 is 7.82 Å². The molecule has 0 unspecified atom stereocenters. The summed E-state index contributed by atoms with van der Waals surface area (Å²) >= 11 is 0. The van der Waals surface area contributed by atoms with E-state index in [0.717, 1.165) is 33.0 Å². The number of rotatable bonds is 8.